The number of carbonyl (C=O) groups excluding carboxylic acids is 1. The van der Waals surface area contributed by atoms with Crippen LogP contribution in [-0.4, -0.2) is 50.6 Å². The van der Waals surface area contributed by atoms with E-state index >= 15 is 0 Å². The smallest absolute Gasteiger partial charge is 0.550 e. The molecule has 0 atom stereocenters. The minimum absolute atomic E-state index is 0. The van der Waals surface area contributed by atoms with Gasteiger partial charge in [-0.3, -0.25) is 0 Å². The summed E-state index contributed by atoms with van der Waals surface area (Å²) in [6, 6.07) is 0. The van der Waals surface area contributed by atoms with Gasteiger partial charge in [-0.2, -0.15) is 0 Å². The van der Waals surface area contributed by atoms with Gasteiger partial charge in [-0.15, -0.1) is 0 Å². The molecule has 0 amide bonds. The van der Waals surface area contributed by atoms with E-state index in [0.29, 0.717) is 0 Å². The Balaban J connectivity index is -0.000000572. The van der Waals surface area contributed by atoms with Crippen LogP contribution in [0.2, 0.25) is 0 Å². The number of rotatable bonds is 4. The van der Waals surface area contributed by atoms with E-state index in [-0.39, 0.29) is 17.1 Å². The van der Waals surface area contributed by atoms with Gasteiger partial charge in [0, 0.05) is 32.1 Å². The molecule has 0 unspecified atom stereocenters. The number of carboxylic acid groups (broad SMARTS) is 1. The van der Waals surface area contributed by atoms with Crippen molar-refractivity contribution in [2.24, 2.45) is 0 Å². The van der Waals surface area contributed by atoms with Crippen LogP contribution in [0.5, 0.6) is 0 Å². The van der Waals surface area contributed by atoms with Gasteiger partial charge in [0.25, 0.3) is 0 Å². The van der Waals surface area contributed by atoms with Gasteiger partial charge >= 0.3 is 17.1 Å². The van der Waals surface area contributed by atoms with Crippen molar-refractivity contribution in [1.82, 2.24) is 9.80 Å². The second-order valence-corrected chi connectivity index (χ2v) is 6.93. The summed E-state index contributed by atoms with van der Waals surface area (Å²) in [7, 11) is 3.18. The summed E-state index contributed by atoms with van der Waals surface area (Å²) < 4.78 is 1.84. The molecule has 0 aromatic heterocycles. The van der Waals surface area contributed by atoms with Gasteiger partial charge < -0.3 is 19.7 Å². The van der Waals surface area contributed by atoms with Crippen LogP contribution >= 0.6 is 46.0 Å². The molecule has 0 saturated carbocycles. The fraction of sp³-hybridized carbons (Fsp3) is 0.750. The van der Waals surface area contributed by atoms with Crippen LogP contribution in [0.15, 0.2) is 0 Å². The molecule has 0 aromatic rings. The molecule has 128 valence electrons. The molecular weight excluding hydrogens is 396 g/mol. The first-order valence-corrected chi connectivity index (χ1v) is 9.40. The Morgan fingerprint density at radius 1 is 0.905 bits per heavy atom. The van der Waals surface area contributed by atoms with E-state index in [4.69, 9.17) is 34.3 Å². The van der Waals surface area contributed by atoms with Gasteiger partial charge in [0.2, 0.25) is 0 Å². The second kappa shape index (κ2) is 16.8. The molecule has 0 radical (unpaired) electrons. The fourth-order valence-electron chi connectivity index (χ4n) is 1.14. The van der Waals surface area contributed by atoms with E-state index in [2.05, 4.69) is 37.5 Å². The van der Waals surface area contributed by atoms with Crippen molar-refractivity contribution in [2.75, 3.05) is 26.2 Å². The number of carbonyl (C=O) groups is 1. The van der Waals surface area contributed by atoms with Gasteiger partial charge in [0.15, 0.2) is 0 Å². The Labute approximate surface area is 157 Å². The van der Waals surface area contributed by atoms with Crippen LogP contribution in [0.3, 0.4) is 0 Å². The van der Waals surface area contributed by atoms with Gasteiger partial charge in [0.05, 0.1) is 0 Å². The summed E-state index contributed by atoms with van der Waals surface area (Å²) >= 11 is 10.7. The van der Waals surface area contributed by atoms with Gasteiger partial charge in [-0.05, 0) is 56.2 Å². The maximum atomic E-state index is 8.89. The molecule has 0 N–H and O–H groups in total. The molecule has 4 nitrogen and oxygen atoms in total. The number of aliphatic carboxylic acids is 1. The Morgan fingerprint density at radius 2 is 1.10 bits per heavy atom. The zero-order chi connectivity index (χ0) is 16.1. The van der Waals surface area contributed by atoms with Crippen molar-refractivity contribution >= 4 is 60.6 Å². The maximum absolute atomic E-state index is 8.89. The predicted octanol–water partition coefficient (Wildman–Crippen LogP) is 2.37. The average molecular weight is 419 g/mol. The Hall–Kier alpha value is 0.469. The normalized spacial score (nSPS) is 8.81. The van der Waals surface area contributed by atoms with Crippen LogP contribution in [0, 0.1) is 0 Å². The van der Waals surface area contributed by atoms with E-state index < -0.39 is 5.97 Å². The van der Waals surface area contributed by atoms with Crippen LogP contribution in [0.4, 0.5) is 0 Å². The van der Waals surface area contributed by atoms with Gasteiger partial charge in [-0.25, -0.2) is 0 Å². The van der Waals surface area contributed by atoms with Crippen molar-refractivity contribution in [3.8, 4) is 0 Å². The number of nitrogens with zero attached hydrogens (tertiary/aromatic N) is 2. The Morgan fingerprint density at radius 3 is 1.24 bits per heavy atom. The number of thiocarbonyl (C=S) groups is 2. The molecule has 21 heavy (non-hydrogen) atoms. The number of hydrogen-bond acceptors (Lipinski definition) is 6. The summed E-state index contributed by atoms with van der Waals surface area (Å²) in [5, 5.41) is 8.89. The van der Waals surface area contributed by atoms with Crippen molar-refractivity contribution < 1.29 is 27.0 Å². The average Bonchev–Trinajstić information content (AvgIpc) is 2.38. The molecular formula is C12H23CuN2O2S4. The monoisotopic (exact) mass is 418 g/mol. The first-order valence-electron chi connectivity index (χ1n) is 6.43. The molecule has 0 aliphatic heterocycles. The third-order valence-corrected chi connectivity index (χ3v) is 5.96. The molecule has 9 heteroatoms. The Bertz CT molecular complexity index is 284. The summed E-state index contributed by atoms with van der Waals surface area (Å²) in [5.74, 6) is -1.08. The molecule has 0 aliphatic rings. The number of hydrogen-bond donors (Lipinski definition) is 0. The summed E-state index contributed by atoms with van der Waals surface area (Å²) in [6.45, 7) is 13.3. The number of carboxylic acids is 1. The first-order chi connectivity index (χ1) is 9.33. The van der Waals surface area contributed by atoms with E-state index in [1.807, 2.05) is 0 Å². The predicted molar refractivity (Wildman–Crippen MR) is 96.9 cm³/mol. The molecule has 0 fully saturated rings. The van der Waals surface area contributed by atoms with Gasteiger partial charge in [0.1, 0.15) is 8.64 Å². The third kappa shape index (κ3) is 15.1. The minimum atomic E-state index is -1.08. The second-order valence-electron chi connectivity index (χ2n) is 3.53. The fourth-order valence-corrected chi connectivity index (χ4v) is 4.20. The topological polar surface area (TPSA) is 46.6 Å². The van der Waals surface area contributed by atoms with E-state index in [1.54, 1.807) is 21.6 Å². The maximum Gasteiger partial charge on any atom is 1.00 e. The van der Waals surface area contributed by atoms with Crippen molar-refractivity contribution in [3.63, 3.8) is 0 Å². The van der Waals surface area contributed by atoms with Crippen LogP contribution in [-0.2, 0) is 21.9 Å². The molecule has 0 heterocycles. The molecule has 0 spiro atoms. The van der Waals surface area contributed by atoms with Gasteiger partial charge in [-0.1, -0.05) is 24.4 Å². The van der Waals surface area contributed by atoms with Crippen LogP contribution in [0.1, 0.15) is 34.6 Å². The quantitative estimate of drug-likeness (QED) is 0.391. The zero-order valence-corrected chi connectivity index (χ0v) is 17.2. The molecule has 0 rings (SSSR count). The largest absolute Gasteiger partial charge is 1.00 e. The van der Waals surface area contributed by atoms with Crippen molar-refractivity contribution in [2.45, 2.75) is 34.6 Å². The van der Waals surface area contributed by atoms with Crippen LogP contribution in [0.25, 0.3) is 0 Å². The molecule has 0 bridgehead atoms. The SMILES string of the molecule is CC(=O)[O-].CCN(CC)C(=S)SSC(=S)N(CC)CC.[Cu+]. The molecule has 0 aliphatic carbocycles. The summed E-state index contributed by atoms with van der Waals surface area (Å²) in [6.07, 6.45) is 0. The zero-order valence-electron chi connectivity index (χ0n) is 13.0. The Kier molecular flexibility index (Phi) is 21.1. The van der Waals surface area contributed by atoms with E-state index in [0.717, 1.165) is 41.7 Å². The first kappa shape index (κ1) is 26.4. The standard InChI is InChI=1S/C10H20N2S4.C2H4O2.Cu/c1-5-11(6-2)9(13)15-16-10(14)12(7-3)8-4;1-2(3)4;/h5-8H2,1-4H3;1H3,(H,3,4);/q;;+1/p-1. The van der Waals surface area contributed by atoms with E-state index in [1.165, 1.54) is 0 Å². The van der Waals surface area contributed by atoms with Crippen LogP contribution < -0.4 is 5.11 Å². The summed E-state index contributed by atoms with van der Waals surface area (Å²) in [5.41, 5.74) is 0. The molecule has 0 aromatic carbocycles. The molecule has 0 saturated heterocycles. The third-order valence-electron chi connectivity index (χ3n) is 2.23. The van der Waals surface area contributed by atoms with Crippen molar-refractivity contribution in [3.05, 3.63) is 0 Å². The van der Waals surface area contributed by atoms with Crippen molar-refractivity contribution in [1.29, 1.82) is 0 Å². The summed E-state index contributed by atoms with van der Waals surface area (Å²) in [4.78, 5) is 13.2. The minimum Gasteiger partial charge on any atom is -0.550 e. The van der Waals surface area contributed by atoms with E-state index in [9.17, 15) is 0 Å².